The predicted molar refractivity (Wildman–Crippen MR) is 53.0 cm³/mol. The maximum Gasteiger partial charge on any atom is 0.124 e. The third-order valence-corrected chi connectivity index (χ3v) is 2.13. The molecule has 0 radical (unpaired) electrons. The van der Waals surface area contributed by atoms with Crippen LogP contribution in [0, 0.1) is 6.92 Å². The van der Waals surface area contributed by atoms with Crippen LogP contribution in [-0.4, -0.2) is 12.2 Å². The SMILES string of the molecule is CCC(O)c1cc(C)ccc1OC. The molecule has 0 aliphatic rings. The summed E-state index contributed by atoms with van der Waals surface area (Å²) in [6.45, 7) is 3.96. The van der Waals surface area contributed by atoms with E-state index >= 15 is 0 Å². The summed E-state index contributed by atoms with van der Waals surface area (Å²) in [5.41, 5.74) is 2.02. The average Bonchev–Trinajstić information content (AvgIpc) is 2.16. The molecule has 1 atom stereocenters. The number of aryl methyl sites for hydroxylation is 1. The quantitative estimate of drug-likeness (QED) is 0.774. The van der Waals surface area contributed by atoms with Crippen molar-refractivity contribution in [3.05, 3.63) is 29.3 Å². The highest BCUT2D eigenvalue weighted by atomic mass is 16.5. The number of methoxy groups -OCH3 is 1. The zero-order chi connectivity index (χ0) is 9.84. The van der Waals surface area contributed by atoms with Gasteiger partial charge in [-0.25, -0.2) is 0 Å². The number of aliphatic hydroxyl groups excluding tert-OH is 1. The van der Waals surface area contributed by atoms with Crippen molar-refractivity contribution in [3.63, 3.8) is 0 Å². The number of hydrogen-bond acceptors (Lipinski definition) is 2. The van der Waals surface area contributed by atoms with Gasteiger partial charge in [-0.1, -0.05) is 18.6 Å². The minimum absolute atomic E-state index is 0.421. The fraction of sp³-hybridized carbons (Fsp3) is 0.455. The van der Waals surface area contributed by atoms with Crippen molar-refractivity contribution in [1.29, 1.82) is 0 Å². The van der Waals surface area contributed by atoms with Crippen LogP contribution in [0.2, 0.25) is 0 Å². The minimum Gasteiger partial charge on any atom is -0.496 e. The van der Waals surface area contributed by atoms with Gasteiger partial charge in [-0.3, -0.25) is 0 Å². The van der Waals surface area contributed by atoms with Gasteiger partial charge in [-0.05, 0) is 25.5 Å². The van der Waals surface area contributed by atoms with Gasteiger partial charge in [0.15, 0.2) is 0 Å². The molecular formula is C11H16O2. The molecule has 0 amide bonds. The molecule has 0 aromatic heterocycles. The van der Waals surface area contributed by atoms with Gasteiger partial charge in [0.05, 0.1) is 13.2 Å². The van der Waals surface area contributed by atoms with Crippen LogP contribution in [-0.2, 0) is 0 Å². The number of aliphatic hydroxyl groups is 1. The minimum atomic E-state index is -0.421. The molecule has 0 heterocycles. The van der Waals surface area contributed by atoms with Crippen molar-refractivity contribution in [1.82, 2.24) is 0 Å². The maximum absolute atomic E-state index is 9.69. The van der Waals surface area contributed by atoms with E-state index in [9.17, 15) is 5.11 Å². The first kappa shape index (κ1) is 10.1. The molecule has 0 spiro atoms. The van der Waals surface area contributed by atoms with Gasteiger partial charge in [0.1, 0.15) is 5.75 Å². The summed E-state index contributed by atoms with van der Waals surface area (Å²) in [5, 5.41) is 9.69. The molecule has 0 fully saturated rings. The summed E-state index contributed by atoms with van der Waals surface area (Å²) in [7, 11) is 1.62. The van der Waals surface area contributed by atoms with E-state index in [1.807, 2.05) is 32.0 Å². The normalized spacial score (nSPS) is 12.6. The van der Waals surface area contributed by atoms with E-state index in [1.54, 1.807) is 7.11 Å². The van der Waals surface area contributed by atoms with E-state index in [4.69, 9.17) is 4.74 Å². The molecular weight excluding hydrogens is 164 g/mol. The average molecular weight is 180 g/mol. The fourth-order valence-corrected chi connectivity index (χ4v) is 1.33. The highest BCUT2D eigenvalue weighted by molar-refractivity contribution is 5.38. The lowest BCUT2D eigenvalue weighted by Gasteiger charge is -2.13. The maximum atomic E-state index is 9.69. The molecule has 0 bridgehead atoms. The Hall–Kier alpha value is -1.02. The van der Waals surface area contributed by atoms with Crippen LogP contribution in [0.15, 0.2) is 18.2 Å². The lowest BCUT2D eigenvalue weighted by molar-refractivity contribution is 0.169. The summed E-state index contributed by atoms with van der Waals surface area (Å²) < 4.78 is 5.16. The molecule has 1 aromatic carbocycles. The van der Waals surface area contributed by atoms with Crippen molar-refractivity contribution in [3.8, 4) is 5.75 Å². The first-order chi connectivity index (χ1) is 6.19. The molecule has 0 aliphatic carbocycles. The summed E-state index contributed by atoms with van der Waals surface area (Å²) in [5.74, 6) is 0.764. The molecule has 0 saturated carbocycles. The predicted octanol–water partition coefficient (Wildman–Crippen LogP) is 2.45. The third-order valence-electron chi connectivity index (χ3n) is 2.13. The van der Waals surface area contributed by atoms with E-state index in [-0.39, 0.29) is 0 Å². The monoisotopic (exact) mass is 180 g/mol. The molecule has 2 heteroatoms. The summed E-state index contributed by atoms with van der Waals surface area (Å²) >= 11 is 0. The van der Waals surface area contributed by atoms with E-state index in [0.717, 1.165) is 16.9 Å². The number of rotatable bonds is 3. The molecule has 2 nitrogen and oxygen atoms in total. The standard InChI is InChI=1S/C11H16O2/c1-4-10(12)9-7-8(2)5-6-11(9)13-3/h5-7,10,12H,4H2,1-3H3. The third kappa shape index (κ3) is 2.22. The Bertz CT molecular complexity index is 281. The second-order valence-corrected chi connectivity index (χ2v) is 3.17. The topological polar surface area (TPSA) is 29.5 Å². The van der Waals surface area contributed by atoms with E-state index in [2.05, 4.69) is 0 Å². The van der Waals surface area contributed by atoms with Crippen LogP contribution in [0.5, 0.6) is 5.75 Å². The Kier molecular flexibility index (Phi) is 3.32. The van der Waals surface area contributed by atoms with Crippen molar-refractivity contribution in [2.75, 3.05) is 7.11 Å². The highest BCUT2D eigenvalue weighted by Crippen LogP contribution is 2.27. The number of ether oxygens (including phenoxy) is 1. The Labute approximate surface area is 79.2 Å². The largest absolute Gasteiger partial charge is 0.496 e. The molecule has 1 aromatic rings. The van der Waals surface area contributed by atoms with Crippen molar-refractivity contribution >= 4 is 0 Å². The van der Waals surface area contributed by atoms with Gasteiger partial charge in [0.2, 0.25) is 0 Å². The molecule has 0 aliphatic heterocycles. The Morgan fingerprint density at radius 2 is 2.15 bits per heavy atom. The lowest BCUT2D eigenvalue weighted by Crippen LogP contribution is -1.99. The van der Waals surface area contributed by atoms with Gasteiger partial charge in [0, 0.05) is 5.56 Å². The van der Waals surface area contributed by atoms with Gasteiger partial charge in [-0.15, -0.1) is 0 Å². The second-order valence-electron chi connectivity index (χ2n) is 3.17. The number of benzene rings is 1. The second kappa shape index (κ2) is 4.28. The Morgan fingerprint density at radius 1 is 1.46 bits per heavy atom. The molecule has 0 saturated heterocycles. The summed E-state index contributed by atoms with van der Waals surface area (Å²) in [6.07, 6.45) is 0.287. The summed E-state index contributed by atoms with van der Waals surface area (Å²) in [4.78, 5) is 0. The van der Waals surface area contributed by atoms with Gasteiger partial charge < -0.3 is 9.84 Å². The van der Waals surface area contributed by atoms with E-state index in [0.29, 0.717) is 6.42 Å². The number of hydrogen-bond donors (Lipinski definition) is 1. The summed E-state index contributed by atoms with van der Waals surface area (Å²) in [6, 6.07) is 5.83. The van der Waals surface area contributed by atoms with E-state index in [1.165, 1.54) is 0 Å². The molecule has 1 rings (SSSR count). The first-order valence-corrected chi connectivity index (χ1v) is 4.51. The van der Waals surface area contributed by atoms with E-state index < -0.39 is 6.10 Å². The van der Waals surface area contributed by atoms with Crippen LogP contribution in [0.1, 0.15) is 30.6 Å². The van der Waals surface area contributed by atoms with Crippen molar-refractivity contribution < 1.29 is 9.84 Å². The Morgan fingerprint density at radius 3 is 2.69 bits per heavy atom. The first-order valence-electron chi connectivity index (χ1n) is 4.51. The zero-order valence-corrected chi connectivity index (χ0v) is 8.37. The van der Waals surface area contributed by atoms with Crippen LogP contribution < -0.4 is 4.74 Å². The van der Waals surface area contributed by atoms with Crippen LogP contribution in [0.4, 0.5) is 0 Å². The molecule has 13 heavy (non-hydrogen) atoms. The van der Waals surface area contributed by atoms with Crippen LogP contribution >= 0.6 is 0 Å². The Balaban J connectivity index is 3.07. The van der Waals surface area contributed by atoms with Gasteiger partial charge in [-0.2, -0.15) is 0 Å². The van der Waals surface area contributed by atoms with Crippen LogP contribution in [0.3, 0.4) is 0 Å². The van der Waals surface area contributed by atoms with Gasteiger partial charge in [0.25, 0.3) is 0 Å². The van der Waals surface area contributed by atoms with Crippen molar-refractivity contribution in [2.24, 2.45) is 0 Å². The molecule has 72 valence electrons. The molecule has 1 unspecified atom stereocenters. The smallest absolute Gasteiger partial charge is 0.124 e. The van der Waals surface area contributed by atoms with Crippen molar-refractivity contribution in [2.45, 2.75) is 26.4 Å². The molecule has 1 N–H and O–H groups in total. The van der Waals surface area contributed by atoms with Crippen LogP contribution in [0.25, 0.3) is 0 Å². The fourth-order valence-electron chi connectivity index (χ4n) is 1.33. The van der Waals surface area contributed by atoms with Gasteiger partial charge >= 0.3 is 0 Å². The highest BCUT2D eigenvalue weighted by Gasteiger charge is 2.10. The lowest BCUT2D eigenvalue weighted by atomic mass is 10.0. The zero-order valence-electron chi connectivity index (χ0n) is 8.37.